The van der Waals surface area contributed by atoms with E-state index in [-0.39, 0.29) is 5.82 Å². The van der Waals surface area contributed by atoms with Crippen LogP contribution in [0.15, 0.2) is 30.9 Å². The molecule has 1 aromatic carbocycles. The van der Waals surface area contributed by atoms with Crippen molar-refractivity contribution in [2.45, 2.75) is 6.42 Å². The SMILES string of the molecule is CNCCc1ccc(-n2cncn2)c(F)c1. The number of rotatable bonds is 4. The zero-order valence-electron chi connectivity index (χ0n) is 9.02. The first-order valence-electron chi connectivity index (χ1n) is 5.09. The fourth-order valence-electron chi connectivity index (χ4n) is 1.49. The van der Waals surface area contributed by atoms with Crippen LogP contribution >= 0.6 is 0 Å². The van der Waals surface area contributed by atoms with Crippen molar-refractivity contribution in [1.29, 1.82) is 0 Å². The van der Waals surface area contributed by atoms with E-state index in [1.807, 2.05) is 13.1 Å². The van der Waals surface area contributed by atoms with Gasteiger partial charge in [0, 0.05) is 0 Å². The summed E-state index contributed by atoms with van der Waals surface area (Å²) in [5.74, 6) is -0.279. The smallest absolute Gasteiger partial charge is 0.149 e. The van der Waals surface area contributed by atoms with E-state index in [0.717, 1.165) is 18.5 Å². The van der Waals surface area contributed by atoms with Gasteiger partial charge in [-0.1, -0.05) is 6.07 Å². The Morgan fingerprint density at radius 3 is 2.94 bits per heavy atom. The van der Waals surface area contributed by atoms with Gasteiger partial charge in [0.25, 0.3) is 0 Å². The molecule has 0 saturated carbocycles. The molecule has 5 heteroatoms. The van der Waals surface area contributed by atoms with Crippen LogP contribution in [0, 0.1) is 5.82 Å². The third kappa shape index (κ3) is 2.25. The largest absolute Gasteiger partial charge is 0.319 e. The number of nitrogens with one attached hydrogen (secondary N) is 1. The second-order valence-electron chi connectivity index (χ2n) is 3.48. The molecule has 1 N–H and O–H groups in total. The van der Waals surface area contributed by atoms with E-state index >= 15 is 0 Å². The second-order valence-corrected chi connectivity index (χ2v) is 3.48. The average Bonchev–Trinajstić information content (AvgIpc) is 2.80. The molecule has 0 unspecified atom stereocenters. The van der Waals surface area contributed by atoms with Gasteiger partial charge in [-0.25, -0.2) is 14.1 Å². The van der Waals surface area contributed by atoms with Crippen molar-refractivity contribution in [2.24, 2.45) is 0 Å². The molecule has 2 aromatic rings. The Morgan fingerprint density at radius 2 is 2.31 bits per heavy atom. The number of likely N-dealkylation sites (N-methyl/N-ethyl adjacent to an activating group) is 1. The molecule has 0 bridgehead atoms. The molecule has 0 atom stereocenters. The second kappa shape index (κ2) is 4.85. The van der Waals surface area contributed by atoms with Crippen LogP contribution in [0.25, 0.3) is 5.69 Å². The van der Waals surface area contributed by atoms with E-state index in [9.17, 15) is 4.39 Å². The van der Waals surface area contributed by atoms with Gasteiger partial charge in [-0.05, 0) is 37.7 Å². The summed E-state index contributed by atoms with van der Waals surface area (Å²) in [6, 6.07) is 5.15. The number of halogens is 1. The minimum Gasteiger partial charge on any atom is -0.319 e. The molecular weight excluding hydrogens is 207 g/mol. The summed E-state index contributed by atoms with van der Waals surface area (Å²) in [6.07, 6.45) is 3.67. The predicted octanol–water partition coefficient (Wildman–Crippen LogP) is 1.17. The van der Waals surface area contributed by atoms with Crippen molar-refractivity contribution in [1.82, 2.24) is 20.1 Å². The standard InChI is InChI=1S/C11H13FN4/c1-13-5-4-9-2-3-11(10(12)6-9)16-8-14-7-15-16/h2-3,6-8,13H,4-5H2,1H3. The number of hydrogen-bond donors (Lipinski definition) is 1. The van der Waals surface area contributed by atoms with Gasteiger partial charge in [0.05, 0.1) is 0 Å². The zero-order valence-corrected chi connectivity index (χ0v) is 9.02. The normalized spacial score (nSPS) is 10.6. The van der Waals surface area contributed by atoms with Gasteiger partial charge in [0.1, 0.15) is 24.2 Å². The maximum absolute atomic E-state index is 13.7. The quantitative estimate of drug-likeness (QED) is 0.841. The van der Waals surface area contributed by atoms with Crippen molar-refractivity contribution < 1.29 is 4.39 Å². The van der Waals surface area contributed by atoms with Crippen molar-refractivity contribution >= 4 is 0 Å². The maximum atomic E-state index is 13.7. The molecule has 0 radical (unpaired) electrons. The third-order valence-corrected chi connectivity index (χ3v) is 2.34. The lowest BCUT2D eigenvalue weighted by atomic mass is 10.1. The van der Waals surface area contributed by atoms with Gasteiger partial charge in [-0.2, -0.15) is 5.10 Å². The topological polar surface area (TPSA) is 42.7 Å². The van der Waals surface area contributed by atoms with Crippen LogP contribution in [-0.2, 0) is 6.42 Å². The molecule has 0 aliphatic rings. The Labute approximate surface area is 93.1 Å². The Kier molecular flexibility index (Phi) is 3.26. The van der Waals surface area contributed by atoms with Gasteiger partial charge >= 0.3 is 0 Å². The molecule has 1 heterocycles. The van der Waals surface area contributed by atoms with Gasteiger partial charge in [0.15, 0.2) is 0 Å². The highest BCUT2D eigenvalue weighted by molar-refractivity contribution is 5.35. The van der Waals surface area contributed by atoms with Crippen molar-refractivity contribution in [2.75, 3.05) is 13.6 Å². The van der Waals surface area contributed by atoms with Crippen LogP contribution in [-0.4, -0.2) is 28.4 Å². The molecule has 84 valence electrons. The minimum atomic E-state index is -0.279. The third-order valence-electron chi connectivity index (χ3n) is 2.34. The first kappa shape index (κ1) is 10.8. The number of benzene rings is 1. The van der Waals surface area contributed by atoms with Crippen LogP contribution in [0.3, 0.4) is 0 Å². The molecular formula is C11H13FN4. The van der Waals surface area contributed by atoms with Gasteiger partial charge in [0.2, 0.25) is 0 Å². The molecule has 1 aromatic heterocycles. The number of nitrogens with zero attached hydrogens (tertiary/aromatic N) is 3. The highest BCUT2D eigenvalue weighted by Gasteiger charge is 2.05. The van der Waals surface area contributed by atoms with Gasteiger partial charge in [-0.3, -0.25) is 0 Å². The van der Waals surface area contributed by atoms with E-state index < -0.39 is 0 Å². The van der Waals surface area contributed by atoms with E-state index in [1.165, 1.54) is 23.4 Å². The molecule has 0 spiro atoms. The fourth-order valence-corrected chi connectivity index (χ4v) is 1.49. The summed E-state index contributed by atoms with van der Waals surface area (Å²) in [7, 11) is 1.88. The summed E-state index contributed by atoms with van der Waals surface area (Å²) in [6.45, 7) is 0.835. The summed E-state index contributed by atoms with van der Waals surface area (Å²) >= 11 is 0. The lowest BCUT2D eigenvalue weighted by Gasteiger charge is -2.05. The van der Waals surface area contributed by atoms with Crippen LogP contribution in [0.2, 0.25) is 0 Å². The van der Waals surface area contributed by atoms with E-state index in [4.69, 9.17) is 0 Å². The Hall–Kier alpha value is -1.75. The Bertz CT molecular complexity index is 453. The van der Waals surface area contributed by atoms with Crippen LogP contribution < -0.4 is 5.32 Å². The number of aromatic nitrogens is 3. The molecule has 2 rings (SSSR count). The first-order chi connectivity index (χ1) is 7.81. The fraction of sp³-hybridized carbons (Fsp3) is 0.273. The molecule has 0 saturated heterocycles. The summed E-state index contributed by atoms with van der Waals surface area (Å²) in [4.78, 5) is 3.79. The van der Waals surface area contributed by atoms with E-state index in [0.29, 0.717) is 5.69 Å². The average molecular weight is 220 g/mol. The first-order valence-corrected chi connectivity index (χ1v) is 5.09. The summed E-state index contributed by atoms with van der Waals surface area (Å²) in [5.41, 5.74) is 1.39. The van der Waals surface area contributed by atoms with Crippen LogP contribution in [0.5, 0.6) is 0 Å². The molecule has 0 fully saturated rings. The lowest BCUT2D eigenvalue weighted by molar-refractivity contribution is 0.607. The van der Waals surface area contributed by atoms with E-state index in [2.05, 4.69) is 15.4 Å². The molecule has 0 amide bonds. The van der Waals surface area contributed by atoms with E-state index in [1.54, 1.807) is 6.07 Å². The molecule has 0 aliphatic heterocycles. The highest BCUT2D eigenvalue weighted by atomic mass is 19.1. The monoisotopic (exact) mass is 220 g/mol. The van der Waals surface area contributed by atoms with Gasteiger partial charge < -0.3 is 5.32 Å². The van der Waals surface area contributed by atoms with Crippen molar-refractivity contribution in [3.8, 4) is 5.69 Å². The predicted molar refractivity (Wildman–Crippen MR) is 58.9 cm³/mol. The summed E-state index contributed by atoms with van der Waals surface area (Å²) in [5, 5.41) is 6.92. The van der Waals surface area contributed by atoms with Crippen LogP contribution in [0.4, 0.5) is 4.39 Å². The maximum Gasteiger partial charge on any atom is 0.149 e. The highest BCUT2D eigenvalue weighted by Crippen LogP contribution is 2.14. The van der Waals surface area contributed by atoms with Crippen molar-refractivity contribution in [3.63, 3.8) is 0 Å². The van der Waals surface area contributed by atoms with Crippen molar-refractivity contribution in [3.05, 3.63) is 42.2 Å². The summed E-state index contributed by atoms with van der Waals surface area (Å²) < 4.78 is 15.1. The minimum absolute atomic E-state index is 0.279. The Morgan fingerprint density at radius 1 is 1.44 bits per heavy atom. The number of hydrogen-bond acceptors (Lipinski definition) is 3. The van der Waals surface area contributed by atoms with Gasteiger partial charge in [-0.15, -0.1) is 0 Å². The zero-order chi connectivity index (χ0) is 11.4. The molecule has 4 nitrogen and oxygen atoms in total. The Balaban J connectivity index is 2.23. The molecule has 16 heavy (non-hydrogen) atoms. The lowest BCUT2D eigenvalue weighted by Crippen LogP contribution is -2.10. The van der Waals surface area contributed by atoms with Crippen LogP contribution in [0.1, 0.15) is 5.56 Å². The molecule has 0 aliphatic carbocycles.